The van der Waals surface area contributed by atoms with Crippen LogP contribution in [0, 0.1) is 6.92 Å². The summed E-state index contributed by atoms with van der Waals surface area (Å²) in [5, 5.41) is 1.48. The summed E-state index contributed by atoms with van der Waals surface area (Å²) in [6.45, 7) is 7.13. The number of ether oxygens (including phenoxy) is 1. The highest BCUT2D eigenvalue weighted by Crippen LogP contribution is 2.34. The first-order valence-electron chi connectivity index (χ1n) is 7.33. The molecule has 1 aromatic carbocycles. The van der Waals surface area contributed by atoms with E-state index in [2.05, 4.69) is 30.2 Å². The molecule has 22 heavy (non-hydrogen) atoms. The van der Waals surface area contributed by atoms with Crippen LogP contribution in [0.3, 0.4) is 0 Å². The van der Waals surface area contributed by atoms with Crippen LogP contribution in [-0.4, -0.2) is 36.6 Å². The number of carbonyl (C=O) groups is 1. The molecule has 0 bridgehead atoms. The van der Waals surface area contributed by atoms with Crippen molar-refractivity contribution in [3.8, 4) is 0 Å². The largest absolute Gasteiger partial charge is 0.465 e. The maximum Gasteiger partial charge on any atom is 0.338 e. The van der Waals surface area contributed by atoms with Gasteiger partial charge in [0.1, 0.15) is 0 Å². The van der Waals surface area contributed by atoms with Crippen molar-refractivity contribution in [2.45, 2.75) is 33.4 Å². The summed E-state index contributed by atoms with van der Waals surface area (Å²) in [7, 11) is 5.47. The van der Waals surface area contributed by atoms with Gasteiger partial charge in [0.05, 0.1) is 18.2 Å². The van der Waals surface area contributed by atoms with Gasteiger partial charge in [-0.2, -0.15) is 0 Å². The lowest BCUT2D eigenvalue weighted by Crippen LogP contribution is -2.16. The summed E-state index contributed by atoms with van der Waals surface area (Å²) in [5.74, 6) is -0.354. The minimum Gasteiger partial charge on any atom is -0.465 e. The topological polar surface area (TPSA) is 34.5 Å². The first-order chi connectivity index (χ1) is 10.3. The molecule has 1 heterocycles. The Morgan fingerprint density at radius 1 is 1.36 bits per heavy atom. The van der Waals surface area contributed by atoms with Crippen molar-refractivity contribution in [3.05, 3.63) is 34.0 Å². The van der Waals surface area contributed by atoms with E-state index >= 15 is 0 Å². The zero-order valence-corrected chi connectivity index (χ0v) is 14.8. The molecule has 5 heteroatoms. The standard InChI is InChI=1S/C17H23ClN2O2/c1-10(2)20-14-8-12(18)7-13(17(21)22-6)16(14)11(3)15(20)9-19(4)5/h7-8,10H,9H2,1-6H3. The lowest BCUT2D eigenvalue weighted by atomic mass is 10.1. The number of halogens is 1. The molecule has 0 aliphatic heterocycles. The lowest BCUT2D eigenvalue weighted by molar-refractivity contribution is 0.0603. The lowest BCUT2D eigenvalue weighted by Gasteiger charge is -2.18. The third-order valence-electron chi connectivity index (χ3n) is 3.83. The van der Waals surface area contributed by atoms with E-state index in [4.69, 9.17) is 16.3 Å². The monoisotopic (exact) mass is 322 g/mol. The number of methoxy groups -OCH3 is 1. The third kappa shape index (κ3) is 2.85. The average molecular weight is 323 g/mol. The van der Waals surface area contributed by atoms with Crippen LogP contribution < -0.4 is 0 Å². The SMILES string of the molecule is COC(=O)c1cc(Cl)cc2c1c(C)c(CN(C)C)n2C(C)C. The molecule has 0 aliphatic carbocycles. The van der Waals surface area contributed by atoms with Crippen molar-refractivity contribution in [2.75, 3.05) is 21.2 Å². The zero-order valence-electron chi connectivity index (χ0n) is 14.0. The maximum atomic E-state index is 12.1. The number of aromatic nitrogens is 1. The first-order valence-corrected chi connectivity index (χ1v) is 7.71. The fraction of sp³-hybridized carbons (Fsp3) is 0.471. The van der Waals surface area contributed by atoms with Gasteiger partial charge in [0, 0.05) is 28.7 Å². The maximum absolute atomic E-state index is 12.1. The van der Waals surface area contributed by atoms with Gasteiger partial charge < -0.3 is 14.2 Å². The Bertz CT molecular complexity index is 717. The molecule has 0 atom stereocenters. The molecule has 2 rings (SSSR count). The van der Waals surface area contributed by atoms with Gasteiger partial charge in [-0.15, -0.1) is 0 Å². The second kappa shape index (κ2) is 6.31. The summed E-state index contributed by atoms with van der Waals surface area (Å²) >= 11 is 6.24. The molecule has 0 N–H and O–H groups in total. The molecule has 2 aromatic rings. The Labute approximate surface area is 136 Å². The van der Waals surface area contributed by atoms with Gasteiger partial charge in [0.25, 0.3) is 0 Å². The van der Waals surface area contributed by atoms with Crippen LogP contribution in [0.1, 0.15) is 41.5 Å². The van der Waals surface area contributed by atoms with Crippen molar-refractivity contribution in [3.63, 3.8) is 0 Å². The number of esters is 1. The number of hydrogen-bond donors (Lipinski definition) is 0. The molecular formula is C17H23ClN2O2. The highest BCUT2D eigenvalue weighted by Gasteiger charge is 2.22. The van der Waals surface area contributed by atoms with Gasteiger partial charge in [-0.25, -0.2) is 4.79 Å². The van der Waals surface area contributed by atoms with Crippen molar-refractivity contribution in [2.24, 2.45) is 0 Å². The molecule has 0 spiro atoms. The third-order valence-corrected chi connectivity index (χ3v) is 4.05. The number of hydrogen-bond acceptors (Lipinski definition) is 3. The number of carbonyl (C=O) groups excluding carboxylic acids is 1. The van der Waals surface area contributed by atoms with Crippen LogP contribution in [-0.2, 0) is 11.3 Å². The van der Waals surface area contributed by atoms with Gasteiger partial charge in [0.15, 0.2) is 0 Å². The predicted octanol–water partition coefficient (Wildman–Crippen LogP) is 4.03. The highest BCUT2D eigenvalue weighted by atomic mass is 35.5. The van der Waals surface area contributed by atoms with E-state index in [0.29, 0.717) is 10.6 Å². The van der Waals surface area contributed by atoms with Gasteiger partial charge in [-0.3, -0.25) is 0 Å². The fourth-order valence-corrected chi connectivity index (χ4v) is 3.21. The van der Waals surface area contributed by atoms with Crippen molar-refractivity contribution < 1.29 is 9.53 Å². The second-order valence-corrected chi connectivity index (χ2v) is 6.55. The molecule has 120 valence electrons. The highest BCUT2D eigenvalue weighted by molar-refractivity contribution is 6.32. The smallest absolute Gasteiger partial charge is 0.338 e. The van der Waals surface area contributed by atoms with E-state index in [0.717, 1.165) is 23.0 Å². The van der Waals surface area contributed by atoms with E-state index in [9.17, 15) is 4.79 Å². The summed E-state index contributed by atoms with van der Waals surface area (Å²) in [6.07, 6.45) is 0. The Morgan fingerprint density at radius 3 is 2.50 bits per heavy atom. The Morgan fingerprint density at radius 2 is 2.00 bits per heavy atom. The number of rotatable bonds is 4. The van der Waals surface area contributed by atoms with Crippen molar-refractivity contribution in [1.82, 2.24) is 9.47 Å². The van der Waals surface area contributed by atoms with Crippen molar-refractivity contribution >= 4 is 28.5 Å². The van der Waals surface area contributed by atoms with Crippen LogP contribution in [0.2, 0.25) is 5.02 Å². The van der Waals surface area contributed by atoms with Crippen LogP contribution >= 0.6 is 11.6 Å². The van der Waals surface area contributed by atoms with Gasteiger partial charge in [-0.05, 0) is 52.6 Å². The van der Waals surface area contributed by atoms with Gasteiger partial charge in [0.2, 0.25) is 0 Å². The molecule has 0 radical (unpaired) electrons. The van der Waals surface area contributed by atoms with Crippen LogP contribution in [0.15, 0.2) is 12.1 Å². The normalized spacial score (nSPS) is 11.7. The number of nitrogens with zero attached hydrogens (tertiary/aromatic N) is 2. The van der Waals surface area contributed by atoms with E-state index < -0.39 is 0 Å². The van der Waals surface area contributed by atoms with E-state index in [-0.39, 0.29) is 12.0 Å². The van der Waals surface area contributed by atoms with Gasteiger partial charge in [-0.1, -0.05) is 11.6 Å². The predicted molar refractivity (Wildman–Crippen MR) is 90.8 cm³/mol. The second-order valence-electron chi connectivity index (χ2n) is 6.11. The summed E-state index contributed by atoms with van der Waals surface area (Å²) in [6, 6.07) is 3.89. The summed E-state index contributed by atoms with van der Waals surface area (Å²) in [5.41, 5.74) is 3.82. The van der Waals surface area contributed by atoms with E-state index in [1.54, 1.807) is 6.07 Å². The minimum atomic E-state index is -0.354. The van der Waals surface area contributed by atoms with Crippen LogP contribution in [0.4, 0.5) is 0 Å². The average Bonchev–Trinajstić information content (AvgIpc) is 2.69. The number of fused-ring (bicyclic) bond motifs is 1. The number of benzene rings is 1. The minimum absolute atomic E-state index is 0.273. The van der Waals surface area contributed by atoms with Crippen LogP contribution in [0.25, 0.3) is 10.9 Å². The van der Waals surface area contributed by atoms with E-state index in [1.807, 2.05) is 20.2 Å². The summed E-state index contributed by atoms with van der Waals surface area (Å²) < 4.78 is 7.18. The van der Waals surface area contributed by atoms with Gasteiger partial charge >= 0.3 is 5.97 Å². The molecule has 0 saturated heterocycles. The zero-order chi connectivity index (χ0) is 16.6. The molecule has 0 unspecified atom stereocenters. The molecular weight excluding hydrogens is 300 g/mol. The van der Waals surface area contributed by atoms with Crippen LogP contribution in [0.5, 0.6) is 0 Å². The molecule has 0 saturated carbocycles. The van der Waals surface area contributed by atoms with Crippen molar-refractivity contribution in [1.29, 1.82) is 0 Å². The molecule has 0 fully saturated rings. The molecule has 0 amide bonds. The first kappa shape index (κ1) is 16.8. The van der Waals surface area contributed by atoms with E-state index in [1.165, 1.54) is 12.8 Å². The quantitative estimate of drug-likeness (QED) is 0.797. The Balaban J connectivity index is 2.89. The molecule has 4 nitrogen and oxygen atoms in total. The Hall–Kier alpha value is -1.52. The number of aryl methyl sites for hydroxylation is 1. The fourth-order valence-electron chi connectivity index (χ4n) is 3.00. The Kier molecular flexibility index (Phi) is 4.83. The molecule has 0 aliphatic rings. The summed E-state index contributed by atoms with van der Waals surface area (Å²) in [4.78, 5) is 14.3. The molecule has 1 aromatic heterocycles.